The standard InChI is InChI=1S/C11H18ClNS/c1-7(2)8(3)13-9(4)10-5-6-11(12)14-10/h5-9,13H,1-4H3/t8-,9-/m1/s1. The van der Waals surface area contributed by atoms with E-state index in [1.807, 2.05) is 6.07 Å². The van der Waals surface area contributed by atoms with Gasteiger partial charge in [0.2, 0.25) is 0 Å². The van der Waals surface area contributed by atoms with Crippen molar-refractivity contribution < 1.29 is 0 Å². The van der Waals surface area contributed by atoms with Gasteiger partial charge in [-0.2, -0.15) is 0 Å². The summed E-state index contributed by atoms with van der Waals surface area (Å²) >= 11 is 7.55. The van der Waals surface area contributed by atoms with Crippen LogP contribution in [0.5, 0.6) is 0 Å². The van der Waals surface area contributed by atoms with Gasteiger partial charge in [-0.15, -0.1) is 11.3 Å². The lowest BCUT2D eigenvalue weighted by Crippen LogP contribution is -2.32. The molecule has 1 rings (SSSR count). The van der Waals surface area contributed by atoms with Gasteiger partial charge in [-0.3, -0.25) is 0 Å². The molecular formula is C11H18ClNS. The molecule has 1 nitrogen and oxygen atoms in total. The van der Waals surface area contributed by atoms with E-state index < -0.39 is 0 Å². The van der Waals surface area contributed by atoms with Crippen LogP contribution in [-0.4, -0.2) is 6.04 Å². The van der Waals surface area contributed by atoms with Gasteiger partial charge in [-0.25, -0.2) is 0 Å². The van der Waals surface area contributed by atoms with Gasteiger partial charge in [0.1, 0.15) is 0 Å². The minimum atomic E-state index is 0.393. The van der Waals surface area contributed by atoms with Gasteiger partial charge in [0.05, 0.1) is 4.34 Å². The predicted octanol–water partition coefficient (Wildman–Crippen LogP) is 4.10. The molecule has 0 aliphatic carbocycles. The van der Waals surface area contributed by atoms with E-state index in [4.69, 9.17) is 11.6 Å². The molecule has 0 radical (unpaired) electrons. The molecule has 0 bridgehead atoms. The maximum Gasteiger partial charge on any atom is 0.0931 e. The van der Waals surface area contributed by atoms with Crippen molar-refractivity contribution in [1.29, 1.82) is 0 Å². The van der Waals surface area contributed by atoms with Gasteiger partial charge < -0.3 is 5.32 Å². The largest absolute Gasteiger partial charge is 0.307 e. The fourth-order valence-electron chi connectivity index (χ4n) is 1.23. The van der Waals surface area contributed by atoms with E-state index >= 15 is 0 Å². The van der Waals surface area contributed by atoms with Crippen LogP contribution in [0.4, 0.5) is 0 Å². The lowest BCUT2D eigenvalue weighted by Gasteiger charge is -2.22. The average molecular weight is 232 g/mol. The Kier molecular flexibility index (Phi) is 4.42. The molecule has 0 aromatic carbocycles. The van der Waals surface area contributed by atoms with Crippen molar-refractivity contribution in [2.75, 3.05) is 0 Å². The molecule has 1 heterocycles. The van der Waals surface area contributed by atoms with Gasteiger partial charge >= 0.3 is 0 Å². The summed E-state index contributed by atoms with van der Waals surface area (Å²) in [6.07, 6.45) is 0. The SMILES string of the molecule is CC(C)[C@@H](C)N[C@H](C)c1ccc(Cl)s1. The Balaban J connectivity index is 2.54. The summed E-state index contributed by atoms with van der Waals surface area (Å²) in [6.45, 7) is 8.86. The third-order valence-electron chi connectivity index (χ3n) is 2.53. The Labute approximate surface area is 95.5 Å². The van der Waals surface area contributed by atoms with Gasteiger partial charge in [0.15, 0.2) is 0 Å². The molecule has 0 unspecified atom stereocenters. The van der Waals surface area contributed by atoms with Crippen LogP contribution in [0, 0.1) is 5.92 Å². The maximum atomic E-state index is 5.89. The van der Waals surface area contributed by atoms with Crippen molar-refractivity contribution in [1.82, 2.24) is 5.32 Å². The first-order valence-corrected chi connectivity index (χ1v) is 6.21. The molecular weight excluding hydrogens is 214 g/mol. The predicted molar refractivity (Wildman–Crippen MR) is 65.2 cm³/mol. The Morgan fingerprint density at radius 1 is 1.21 bits per heavy atom. The van der Waals surface area contributed by atoms with Gasteiger partial charge in [0, 0.05) is 17.0 Å². The number of hydrogen-bond donors (Lipinski definition) is 1. The molecule has 0 amide bonds. The Hall–Kier alpha value is -0.0500. The lowest BCUT2D eigenvalue weighted by molar-refractivity contribution is 0.391. The summed E-state index contributed by atoms with van der Waals surface area (Å²) in [7, 11) is 0. The summed E-state index contributed by atoms with van der Waals surface area (Å²) in [6, 6.07) is 4.98. The third kappa shape index (κ3) is 3.26. The number of nitrogens with one attached hydrogen (secondary N) is 1. The highest BCUT2D eigenvalue weighted by atomic mass is 35.5. The minimum Gasteiger partial charge on any atom is -0.307 e. The first kappa shape index (κ1) is 12.0. The van der Waals surface area contributed by atoms with Crippen LogP contribution in [0.2, 0.25) is 4.34 Å². The van der Waals surface area contributed by atoms with Crippen LogP contribution in [0.3, 0.4) is 0 Å². The fraction of sp³-hybridized carbons (Fsp3) is 0.636. The first-order valence-electron chi connectivity index (χ1n) is 5.02. The zero-order valence-corrected chi connectivity index (χ0v) is 10.7. The van der Waals surface area contributed by atoms with E-state index in [9.17, 15) is 0 Å². The Bertz CT molecular complexity index is 283. The topological polar surface area (TPSA) is 12.0 Å². The lowest BCUT2D eigenvalue weighted by atomic mass is 10.1. The summed E-state index contributed by atoms with van der Waals surface area (Å²) in [4.78, 5) is 1.31. The van der Waals surface area contributed by atoms with Crippen LogP contribution in [0.25, 0.3) is 0 Å². The molecule has 1 aromatic heterocycles. The van der Waals surface area contributed by atoms with Crippen molar-refractivity contribution in [3.05, 3.63) is 21.3 Å². The van der Waals surface area contributed by atoms with Crippen molar-refractivity contribution in [2.45, 2.75) is 39.8 Å². The van der Waals surface area contributed by atoms with E-state index in [0.29, 0.717) is 18.0 Å². The second-order valence-electron chi connectivity index (χ2n) is 4.06. The number of halogens is 1. The number of thiophene rings is 1. The highest BCUT2D eigenvalue weighted by molar-refractivity contribution is 7.16. The average Bonchev–Trinajstić information content (AvgIpc) is 2.51. The van der Waals surface area contributed by atoms with Crippen molar-refractivity contribution in [2.24, 2.45) is 5.92 Å². The molecule has 0 aliphatic heterocycles. The summed E-state index contributed by atoms with van der Waals surface area (Å²) in [5.74, 6) is 0.660. The maximum absolute atomic E-state index is 5.89. The van der Waals surface area contributed by atoms with Gasteiger partial charge in [-0.05, 0) is 31.9 Å². The smallest absolute Gasteiger partial charge is 0.0931 e. The third-order valence-corrected chi connectivity index (χ3v) is 3.95. The zero-order valence-electron chi connectivity index (χ0n) is 9.17. The van der Waals surface area contributed by atoms with E-state index in [1.165, 1.54) is 4.88 Å². The summed E-state index contributed by atoms with van der Waals surface area (Å²) in [5.41, 5.74) is 0. The second kappa shape index (κ2) is 5.15. The van der Waals surface area contributed by atoms with Crippen molar-refractivity contribution >= 4 is 22.9 Å². The molecule has 2 atom stereocenters. The van der Waals surface area contributed by atoms with E-state index in [-0.39, 0.29) is 0 Å². The second-order valence-corrected chi connectivity index (χ2v) is 5.81. The highest BCUT2D eigenvalue weighted by Gasteiger charge is 2.13. The molecule has 14 heavy (non-hydrogen) atoms. The van der Waals surface area contributed by atoms with Crippen LogP contribution < -0.4 is 5.32 Å². The molecule has 0 fully saturated rings. The van der Waals surface area contributed by atoms with Crippen LogP contribution in [-0.2, 0) is 0 Å². The number of hydrogen-bond acceptors (Lipinski definition) is 2. The van der Waals surface area contributed by atoms with E-state index in [0.717, 1.165) is 4.34 Å². The minimum absolute atomic E-state index is 0.393. The molecule has 1 N–H and O–H groups in total. The van der Waals surface area contributed by atoms with E-state index in [1.54, 1.807) is 11.3 Å². The zero-order chi connectivity index (χ0) is 10.7. The molecule has 80 valence electrons. The molecule has 0 aliphatic rings. The molecule has 1 aromatic rings. The Morgan fingerprint density at radius 2 is 1.86 bits per heavy atom. The number of rotatable bonds is 4. The summed E-state index contributed by atoms with van der Waals surface area (Å²) < 4.78 is 0.867. The van der Waals surface area contributed by atoms with Gasteiger partial charge in [-0.1, -0.05) is 25.4 Å². The van der Waals surface area contributed by atoms with Crippen molar-refractivity contribution in [3.8, 4) is 0 Å². The van der Waals surface area contributed by atoms with Crippen LogP contribution >= 0.6 is 22.9 Å². The fourth-order valence-corrected chi connectivity index (χ4v) is 2.30. The van der Waals surface area contributed by atoms with E-state index in [2.05, 4.69) is 39.1 Å². The normalized spacial score (nSPS) is 15.9. The molecule has 3 heteroatoms. The molecule has 0 saturated carbocycles. The van der Waals surface area contributed by atoms with Crippen LogP contribution in [0.1, 0.15) is 38.6 Å². The highest BCUT2D eigenvalue weighted by Crippen LogP contribution is 2.27. The van der Waals surface area contributed by atoms with Crippen LogP contribution in [0.15, 0.2) is 12.1 Å². The summed E-state index contributed by atoms with van der Waals surface area (Å²) in [5, 5.41) is 3.56. The molecule has 0 saturated heterocycles. The van der Waals surface area contributed by atoms with Gasteiger partial charge in [0.25, 0.3) is 0 Å². The quantitative estimate of drug-likeness (QED) is 0.823. The monoisotopic (exact) mass is 231 g/mol. The first-order chi connectivity index (χ1) is 6.50. The van der Waals surface area contributed by atoms with Crippen molar-refractivity contribution in [3.63, 3.8) is 0 Å². The Morgan fingerprint density at radius 3 is 2.29 bits per heavy atom. The molecule has 0 spiro atoms.